The van der Waals surface area contributed by atoms with E-state index >= 15 is 0 Å². The fourth-order valence-corrected chi connectivity index (χ4v) is 2.60. The van der Waals surface area contributed by atoms with Crippen LogP contribution in [0.5, 0.6) is 0 Å². The number of aliphatic hydroxyl groups is 1. The van der Waals surface area contributed by atoms with E-state index in [1.54, 1.807) is 6.92 Å². The molecule has 18 heavy (non-hydrogen) atoms. The van der Waals surface area contributed by atoms with E-state index in [1.807, 2.05) is 13.8 Å². The zero-order valence-electron chi connectivity index (χ0n) is 12.0. The van der Waals surface area contributed by atoms with Crippen LogP contribution in [0.25, 0.3) is 0 Å². The highest BCUT2D eigenvalue weighted by Gasteiger charge is 2.35. The van der Waals surface area contributed by atoms with Crippen molar-refractivity contribution in [2.24, 2.45) is 11.1 Å². The van der Waals surface area contributed by atoms with Crippen LogP contribution in [0.3, 0.4) is 0 Å². The summed E-state index contributed by atoms with van der Waals surface area (Å²) >= 11 is 0. The lowest BCUT2D eigenvalue weighted by Crippen LogP contribution is -2.52. The minimum Gasteiger partial charge on any atom is -0.391 e. The minimum absolute atomic E-state index is 0.00764. The molecule has 4 N–H and O–H groups in total. The Morgan fingerprint density at radius 1 is 1.39 bits per heavy atom. The number of nitrogens with two attached hydrogens (primary N) is 1. The van der Waals surface area contributed by atoms with Crippen LogP contribution in [-0.4, -0.2) is 29.2 Å². The van der Waals surface area contributed by atoms with Gasteiger partial charge in [-0.05, 0) is 45.6 Å². The number of carbonyl (C=O) groups is 1. The Labute approximate surface area is 110 Å². The van der Waals surface area contributed by atoms with Crippen molar-refractivity contribution in [1.29, 1.82) is 0 Å². The lowest BCUT2D eigenvalue weighted by atomic mass is 9.71. The van der Waals surface area contributed by atoms with Gasteiger partial charge < -0.3 is 16.2 Å². The maximum absolute atomic E-state index is 12.1. The molecule has 1 saturated carbocycles. The molecule has 106 valence electrons. The third-order valence-electron chi connectivity index (χ3n) is 4.39. The van der Waals surface area contributed by atoms with Crippen molar-refractivity contribution in [2.75, 3.05) is 6.54 Å². The van der Waals surface area contributed by atoms with E-state index in [4.69, 9.17) is 5.73 Å². The summed E-state index contributed by atoms with van der Waals surface area (Å²) in [5, 5.41) is 12.5. The van der Waals surface area contributed by atoms with Crippen LogP contribution < -0.4 is 11.1 Å². The van der Waals surface area contributed by atoms with Crippen LogP contribution in [-0.2, 0) is 4.79 Å². The van der Waals surface area contributed by atoms with Gasteiger partial charge in [0.2, 0.25) is 5.91 Å². The van der Waals surface area contributed by atoms with E-state index < -0.39 is 11.6 Å². The summed E-state index contributed by atoms with van der Waals surface area (Å²) in [6.07, 6.45) is 5.61. The molecule has 0 heterocycles. The number of hydrogen-bond donors (Lipinski definition) is 3. The Balaban J connectivity index is 2.57. The van der Waals surface area contributed by atoms with Gasteiger partial charge in [0, 0.05) is 6.42 Å². The first-order chi connectivity index (χ1) is 8.31. The summed E-state index contributed by atoms with van der Waals surface area (Å²) in [6.45, 7) is 5.95. The molecule has 1 aliphatic rings. The maximum atomic E-state index is 12.1. The average molecular weight is 256 g/mol. The first-order valence-electron chi connectivity index (χ1n) is 7.00. The Hall–Kier alpha value is -0.610. The smallest absolute Gasteiger partial charge is 0.221 e. The minimum atomic E-state index is -0.582. The average Bonchev–Trinajstić information content (AvgIpc) is 2.29. The van der Waals surface area contributed by atoms with Crippen LogP contribution in [0.4, 0.5) is 0 Å². The lowest BCUT2D eigenvalue weighted by molar-refractivity contribution is -0.126. The van der Waals surface area contributed by atoms with E-state index in [0.717, 1.165) is 12.8 Å². The molecule has 0 aromatic carbocycles. The molecule has 0 spiro atoms. The van der Waals surface area contributed by atoms with E-state index in [-0.39, 0.29) is 11.3 Å². The van der Waals surface area contributed by atoms with Crippen molar-refractivity contribution in [1.82, 2.24) is 5.32 Å². The quantitative estimate of drug-likeness (QED) is 0.699. The van der Waals surface area contributed by atoms with Crippen LogP contribution in [0, 0.1) is 5.41 Å². The van der Waals surface area contributed by atoms with Gasteiger partial charge in [-0.1, -0.05) is 19.3 Å². The van der Waals surface area contributed by atoms with Gasteiger partial charge in [0.1, 0.15) is 0 Å². The maximum Gasteiger partial charge on any atom is 0.221 e. The Morgan fingerprint density at radius 2 is 1.94 bits per heavy atom. The highest BCUT2D eigenvalue weighted by atomic mass is 16.3. The molecule has 1 atom stereocenters. The lowest BCUT2D eigenvalue weighted by Gasteiger charge is -2.37. The fourth-order valence-electron chi connectivity index (χ4n) is 2.60. The Kier molecular flexibility index (Phi) is 5.17. The van der Waals surface area contributed by atoms with Crippen molar-refractivity contribution < 1.29 is 9.90 Å². The monoisotopic (exact) mass is 256 g/mol. The predicted molar refractivity (Wildman–Crippen MR) is 73.1 cm³/mol. The molecule has 0 radical (unpaired) electrons. The fraction of sp³-hybridized carbons (Fsp3) is 0.929. The molecule has 0 bridgehead atoms. The molecule has 0 aromatic rings. The van der Waals surface area contributed by atoms with E-state index in [0.29, 0.717) is 13.0 Å². The predicted octanol–water partition coefficient (Wildman–Crippen LogP) is 1.56. The normalized spacial score (nSPS) is 21.4. The molecule has 1 aliphatic carbocycles. The number of amides is 1. The van der Waals surface area contributed by atoms with Gasteiger partial charge in [-0.15, -0.1) is 0 Å². The zero-order valence-corrected chi connectivity index (χ0v) is 12.0. The third kappa shape index (κ3) is 3.95. The number of rotatable bonds is 5. The summed E-state index contributed by atoms with van der Waals surface area (Å²) in [6, 6.07) is 0. The largest absolute Gasteiger partial charge is 0.391 e. The molecule has 0 aromatic heterocycles. The first kappa shape index (κ1) is 15.4. The van der Waals surface area contributed by atoms with Crippen LogP contribution in [0.15, 0.2) is 0 Å². The Bertz CT molecular complexity index is 282. The van der Waals surface area contributed by atoms with E-state index in [2.05, 4.69) is 5.32 Å². The second kappa shape index (κ2) is 6.02. The first-order valence-corrected chi connectivity index (χ1v) is 7.00. The molecular weight excluding hydrogens is 228 g/mol. The molecule has 4 nitrogen and oxygen atoms in total. The standard InChI is InChI=1S/C14H28N2O2/c1-11(17)13(2,3)16-12(18)9-14(10-15)7-5-4-6-8-14/h11,17H,4-10,15H2,1-3H3,(H,16,18). The topological polar surface area (TPSA) is 75.3 Å². The second-order valence-electron chi connectivity index (χ2n) is 6.39. The van der Waals surface area contributed by atoms with Gasteiger partial charge in [0.25, 0.3) is 0 Å². The molecule has 0 saturated heterocycles. The van der Waals surface area contributed by atoms with Gasteiger partial charge in [0.15, 0.2) is 0 Å². The molecule has 1 amide bonds. The summed E-state index contributed by atoms with van der Waals surface area (Å²) in [4.78, 5) is 12.1. The van der Waals surface area contributed by atoms with Crippen molar-refractivity contribution in [3.63, 3.8) is 0 Å². The second-order valence-corrected chi connectivity index (χ2v) is 6.39. The third-order valence-corrected chi connectivity index (χ3v) is 4.39. The van der Waals surface area contributed by atoms with Crippen LogP contribution in [0.2, 0.25) is 0 Å². The summed E-state index contributed by atoms with van der Waals surface area (Å²) in [7, 11) is 0. The van der Waals surface area contributed by atoms with E-state index in [9.17, 15) is 9.90 Å². The summed E-state index contributed by atoms with van der Waals surface area (Å²) in [5.74, 6) is 0.00764. The van der Waals surface area contributed by atoms with Crippen molar-refractivity contribution in [3.05, 3.63) is 0 Å². The van der Waals surface area contributed by atoms with Crippen molar-refractivity contribution in [3.8, 4) is 0 Å². The van der Waals surface area contributed by atoms with Crippen molar-refractivity contribution >= 4 is 5.91 Å². The van der Waals surface area contributed by atoms with E-state index in [1.165, 1.54) is 19.3 Å². The number of nitrogens with one attached hydrogen (secondary N) is 1. The van der Waals surface area contributed by atoms with Gasteiger partial charge in [-0.25, -0.2) is 0 Å². The number of carbonyl (C=O) groups excluding carboxylic acids is 1. The van der Waals surface area contributed by atoms with Gasteiger partial charge in [0.05, 0.1) is 11.6 Å². The molecule has 1 unspecified atom stereocenters. The Morgan fingerprint density at radius 3 is 2.39 bits per heavy atom. The molecule has 1 rings (SSSR count). The summed E-state index contributed by atoms with van der Waals surface area (Å²) in [5.41, 5.74) is 5.28. The van der Waals surface area contributed by atoms with Crippen molar-refractivity contribution in [2.45, 2.75) is 70.9 Å². The zero-order chi connectivity index (χ0) is 13.8. The summed E-state index contributed by atoms with van der Waals surface area (Å²) < 4.78 is 0. The molecule has 0 aliphatic heterocycles. The SMILES string of the molecule is CC(O)C(C)(C)NC(=O)CC1(CN)CCCCC1. The van der Waals surface area contributed by atoms with Gasteiger partial charge >= 0.3 is 0 Å². The van der Waals surface area contributed by atoms with Crippen LogP contribution in [0.1, 0.15) is 59.3 Å². The molecule has 1 fully saturated rings. The molecule has 4 heteroatoms. The molecular formula is C14H28N2O2. The highest BCUT2D eigenvalue weighted by Crippen LogP contribution is 2.38. The number of hydrogen-bond acceptors (Lipinski definition) is 3. The highest BCUT2D eigenvalue weighted by molar-refractivity contribution is 5.77. The van der Waals surface area contributed by atoms with Gasteiger partial charge in [-0.2, -0.15) is 0 Å². The van der Waals surface area contributed by atoms with Crippen LogP contribution >= 0.6 is 0 Å². The number of aliphatic hydroxyl groups excluding tert-OH is 1. The van der Waals surface area contributed by atoms with Gasteiger partial charge in [-0.3, -0.25) is 4.79 Å².